The van der Waals surface area contributed by atoms with Crippen molar-refractivity contribution in [3.63, 3.8) is 0 Å². The lowest BCUT2D eigenvalue weighted by molar-refractivity contribution is 0.347. The molecule has 1 fully saturated rings. The van der Waals surface area contributed by atoms with Crippen LogP contribution in [0.15, 0.2) is 41.4 Å². The minimum atomic E-state index is -0.533. The molecule has 4 heteroatoms. The third-order valence-corrected chi connectivity index (χ3v) is 5.00. The molecule has 24 heavy (non-hydrogen) atoms. The van der Waals surface area contributed by atoms with Gasteiger partial charge in [0, 0.05) is 5.56 Å². The third-order valence-electron chi connectivity index (χ3n) is 4.91. The van der Waals surface area contributed by atoms with Crippen molar-refractivity contribution in [2.24, 2.45) is 10.9 Å². The minimum Gasteiger partial charge on any atom is -0.206 e. The molecule has 1 saturated carbocycles. The highest BCUT2D eigenvalue weighted by molar-refractivity contribution is 7.78. The van der Waals surface area contributed by atoms with E-state index in [9.17, 15) is 8.78 Å². The van der Waals surface area contributed by atoms with E-state index in [1.54, 1.807) is 18.2 Å². The average molecular weight is 343 g/mol. The van der Waals surface area contributed by atoms with E-state index >= 15 is 0 Å². The second-order valence-corrected chi connectivity index (χ2v) is 6.75. The zero-order valence-electron chi connectivity index (χ0n) is 13.6. The molecule has 0 aliphatic heterocycles. The summed E-state index contributed by atoms with van der Waals surface area (Å²) in [5.41, 5.74) is 2.06. The van der Waals surface area contributed by atoms with E-state index in [2.05, 4.69) is 29.3 Å². The van der Waals surface area contributed by atoms with Crippen molar-refractivity contribution in [2.45, 2.75) is 38.5 Å². The Morgan fingerprint density at radius 3 is 2.38 bits per heavy atom. The van der Waals surface area contributed by atoms with Crippen LogP contribution in [0.4, 0.5) is 14.5 Å². The third kappa shape index (κ3) is 3.61. The highest BCUT2D eigenvalue weighted by Gasteiger charge is 2.20. The van der Waals surface area contributed by atoms with Gasteiger partial charge in [-0.05, 0) is 66.2 Å². The molecule has 0 amide bonds. The molecular weight excluding hydrogens is 324 g/mol. The summed E-state index contributed by atoms with van der Waals surface area (Å²) in [6, 6.07) is 9.75. The van der Waals surface area contributed by atoms with Gasteiger partial charge in [-0.1, -0.05) is 38.0 Å². The van der Waals surface area contributed by atoms with Crippen molar-refractivity contribution in [1.29, 1.82) is 0 Å². The molecule has 124 valence electrons. The highest BCUT2D eigenvalue weighted by Crippen LogP contribution is 2.37. The fraction of sp³-hybridized carbons (Fsp3) is 0.350. The Bertz CT molecular complexity index is 788. The Morgan fingerprint density at radius 2 is 1.75 bits per heavy atom. The van der Waals surface area contributed by atoms with Crippen LogP contribution in [0, 0.1) is 17.6 Å². The zero-order chi connectivity index (χ0) is 17.1. The van der Waals surface area contributed by atoms with Gasteiger partial charge in [0.2, 0.25) is 0 Å². The van der Waals surface area contributed by atoms with Crippen LogP contribution in [0.3, 0.4) is 0 Å². The molecule has 0 spiro atoms. The molecule has 0 N–H and O–H groups in total. The quantitative estimate of drug-likeness (QED) is 0.448. The lowest BCUT2D eigenvalue weighted by Gasteiger charge is -2.26. The van der Waals surface area contributed by atoms with E-state index in [-0.39, 0.29) is 11.5 Å². The molecule has 2 aromatic carbocycles. The minimum absolute atomic E-state index is 0.113. The largest absolute Gasteiger partial charge is 0.206 e. The van der Waals surface area contributed by atoms with Gasteiger partial charge in [-0.25, -0.2) is 8.78 Å². The van der Waals surface area contributed by atoms with Crippen molar-refractivity contribution in [3.05, 3.63) is 53.6 Å². The normalized spacial score (nSPS) is 20.5. The molecule has 0 saturated heterocycles. The van der Waals surface area contributed by atoms with E-state index in [1.807, 2.05) is 6.07 Å². The predicted octanol–water partition coefficient (Wildman–Crippen LogP) is 6.66. The topological polar surface area (TPSA) is 12.4 Å². The number of benzene rings is 2. The van der Waals surface area contributed by atoms with Crippen LogP contribution in [0.1, 0.15) is 44.1 Å². The van der Waals surface area contributed by atoms with E-state index in [0.717, 1.165) is 24.3 Å². The first kappa shape index (κ1) is 16.9. The van der Waals surface area contributed by atoms with Gasteiger partial charge in [0.25, 0.3) is 0 Å². The average Bonchev–Trinajstić information content (AvgIpc) is 2.57. The summed E-state index contributed by atoms with van der Waals surface area (Å²) in [5, 5.41) is 2.14. The Labute approximate surface area is 146 Å². The number of rotatable bonds is 3. The Kier molecular flexibility index (Phi) is 5.17. The fourth-order valence-corrected chi connectivity index (χ4v) is 3.53. The Balaban J connectivity index is 1.87. The van der Waals surface area contributed by atoms with Gasteiger partial charge < -0.3 is 0 Å². The standard InChI is InChI=1S/C20H19F2NS/c1-13-2-4-14(5-3-13)15-6-8-17(18(21)10-15)16-7-9-20(23-12-24)19(22)11-16/h6-11,13-14H,2-5H2,1H3. The van der Waals surface area contributed by atoms with Crippen LogP contribution in [0.5, 0.6) is 0 Å². The molecule has 1 aliphatic carbocycles. The van der Waals surface area contributed by atoms with E-state index in [0.29, 0.717) is 17.0 Å². The molecule has 0 unspecified atom stereocenters. The number of hydrogen-bond donors (Lipinski definition) is 0. The maximum absolute atomic E-state index is 14.6. The van der Waals surface area contributed by atoms with Crippen molar-refractivity contribution < 1.29 is 8.78 Å². The number of halogens is 2. The summed E-state index contributed by atoms with van der Waals surface area (Å²) in [6.45, 7) is 2.27. The van der Waals surface area contributed by atoms with Gasteiger partial charge in [0.1, 0.15) is 17.3 Å². The van der Waals surface area contributed by atoms with Gasteiger partial charge in [0.05, 0.1) is 5.16 Å². The monoisotopic (exact) mass is 343 g/mol. The van der Waals surface area contributed by atoms with Gasteiger partial charge in [-0.15, -0.1) is 0 Å². The van der Waals surface area contributed by atoms with E-state index < -0.39 is 5.82 Å². The molecule has 0 heterocycles. The number of thiocarbonyl (C=S) groups is 1. The molecule has 1 nitrogen and oxygen atoms in total. The molecule has 0 radical (unpaired) electrons. The lowest BCUT2D eigenvalue weighted by Crippen LogP contribution is -2.11. The summed E-state index contributed by atoms with van der Waals surface area (Å²) in [7, 11) is 0. The van der Waals surface area contributed by atoms with E-state index in [1.165, 1.54) is 25.0 Å². The molecule has 2 aromatic rings. The summed E-state index contributed by atoms with van der Waals surface area (Å²) < 4.78 is 28.5. The van der Waals surface area contributed by atoms with Gasteiger partial charge in [0.15, 0.2) is 0 Å². The summed E-state index contributed by atoms with van der Waals surface area (Å²) in [5.74, 6) is 0.355. The second kappa shape index (κ2) is 7.33. The van der Waals surface area contributed by atoms with Crippen molar-refractivity contribution in [2.75, 3.05) is 0 Å². The van der Waals surface area contributed by atoms with E-state index in [4.69, 9.17) is 0 Å². The molecule has 0 atom stereocenters. The number of nitrogens with zero attached hydrogens (tertiary/aromatic N) is 1. The lowest BCUT2D eigenvalue weighted by atomic mass is 9.79. The molecule has 1 aliphatic rings. The molecule has 0 bridgehead atoms. The van der Waals surface area contributed by atoms with Crippen LogP contribution in [0.25, 0.3) is 11.1 Å². The maximum Gasteiger partial charge on any atom is 0.150 e. The van der Waals surface area contributed by atoms with Crippen LogP contribution >= 0.6 is 12.2 Å². The Hall–Kier alpha value is -1.90. The highest BCUT2D eigenvalue weighted by atomic mass is 32.1. The van der Waals surface area contributed by atoms with Crippen LogP contribution in [-0.4, -0.2) is 5.16 Å². The number of aliphatic imine (C=N–C) groups is 1. The van der Waals surface area contributed by atoms with Crippen molar-refractivity contribution in [1.82, 2.24) is 0 Å². The first-order chi connectivity index (χ1) is 11.6. The number of isothiocyanates is 1. The molecule has 3 rings (SSSR count). The van der Waals surface area contributed by atoms with Gasteiger partial charge in [-0.2, -0.15) is 4.99 Å². The summed E-state index contributed by atoms with van der Waals surface area (Å²) in [6.07, 6.45) is 4.61. The maximum atomic E-state index is 14.6. The predicted molar refractivity (Wildman–Crippen MR) is 96.9 cm³/mol. The van der Waals surface area contributed by atoms with Crippen molar-refractivity contribution in [3.8, 4) is 11.1 Å². The van der Waals surface area contributed by atoms with Gasteiger partial charge in [-0.3, -0.25) is 0 Å². The van der Waals surface area contributed by atoms with Crippen molar-refractivity contribution >= 4 is 23.1 Å². The first-order valence-electron chi connectivity index (χ1n) is 8.25. The van der Waals surface area contributed by atoms with Crippen LogP contribution < -0.4 is 0 Å². The summed E-state index contributed by atoms with van der Waals surface area (Å²) in [4.78, 5) is 3.64. The Morgan fingerprint density at radius 1 is 1.00 bits per heavy atom. The smallest absolute Gasteiger partial charge is 0.150 e. The SMILES string of the molecule is CC1CCC(c2ccc(-c3ccc(N=C=S)c(F)c3)c(F)c2)CC1. The summed E-state index contributed by atoms with van der Waals surface area (Å²) >= 11 is 4.48. The molecular formula is C20H19F2NS. The molecule has 0 aromatic heterocycles. The fourth-order valence-electron chi connectivity index (χ4n) is 3.43. The second-order valence-electron chi connectivity index (χ2n) is 6.57. The number of hydrogen-bond acceptors (Lipinski definition) is 2. The zero-order valence-corrected chi connectivity index (χ0v) is 14.4. The van der Waals surface area contributed by atoms with Crippen LogP contribution in [0.2, 0.25) is 0 Å². The van der Waals surface area contributed by atoms with Crippen LogP contribution in [-0.2, 0) is 0 Å². The first-order valence-corrected chi connectivity index (χ1v) is 8.66. The van der Waals surface area contributed by atoms with Gasteiger partial charge >= 0.3 is 0 Å².